The van der Waals surface area contributed by atoms with Crippen molar-refractivity contribution in [2.24, 2.45) is 0 Å². The summed E-state index contributed by atoms with van der Waals surface area (Å²) < 4.78 is 13.0. The van der Waals surface area contributed by atoms with Gasteiger partial charge in [-0.2, -0.15) is 0 Å². The van der Waals surface area contributed by atoms with Gasteiger partial charge in [0.25, 0.3) is 0 Å². The second-order valence-electron chi connectivity index (χ2n) is 0.496. The van der Waals surface area contributed by atoms with Crippen LogP contribution >= 0.6 is 8.25 Å². The third-order valence-electron chi connectivity index (χ3n) is 0.168. The van der Waals surface area contributed by atoms with Gasteiger partial charge in [-0.25, -0.2) is 0 Å². The molecule has 0 rings (SSSR count). The molecule has 0 aliphatic carbocycles. The van der Waals surface area contributed by atoms with Gasteiger partial charge in [0.15, 0.2) is 0 Å². The first-order valence-electron chi connectivity index (χ1n) is 1.17. The van der Waals surface area contributed by atoms with Crippen LogP contribution in [0, 0.1) is 0 Å². The van der Waals surface area contributed by atoms with E-state index in [9.17, 15) is 4.57 Å². The molecule has 0 aromatic heterocycles. The molecular formula is C2H8O4P+. The van der Waals surface area contributed by atoms with Crippen LogP contribution in [0.3, 0.4) is 0 Å². The van der Waals surface area contributed by atoms with Gasteiger partial charge >= 0.3 is 8.25 Å². The van der Waals surface area contributed by atoms with Crippen molar-refractivity contribution in [3.8, 4) is 0 Å². The van der Waals surface area contributed by atoms with Crippen molar-refractivity contribution in [3.63, 3.8) is 0 Å². The molecule has 0 heterocycles. The van der Waals surface area contributed by atoms with Crippen LogP contribution in [0.25, 0.3) is 0 Å². The lowest BCUT2D eigenvalue weighted by Crippen LogP contribution is -1.78. The van der Waals surface area contributed by atoms with Crippen LogP contribution in [-0.4, -0.2) is 16.8 Å². The molecule has 0 aromatic carbocycles. The molecule has 0 radical (unpaired) electrons. The Morgan fingerprint density at radius 3 is 2.14 bits per heavy atom. The molecule has 0 saturated carbocycles. The molecule has 4 nitrogen and oxygen atoms in total. The number of hydrogen-bond acceptors (Lipinski definition) is 3. The van der Waals surface area contributed by atoms with E-state index in [1.807, 2.05) is 0 Å². The summed E-state index contributed by atoms with van der Waals surface area (Å²) in [6, 6.07) is 0. The van der Waals surface area contributed by atoms with E-state index >= 15 is 0 Å². The Kier molecular flexibility index (Phi) is 8.60. The summed E-state index contributed by atoms with van der Waals surface area (Å²) in [5, 5.41) is 7.67. The van der Waals surface area contributed by atoms with E-state index in [4.69, 9.17) is 10.00 Å². The average molecular weight is 127 g/mol. The van der Waals surface area contributed by atoms with Crippen molar-refractivity contribution in [2.45, 2.75) is 7.43 Å². The Bertz CT molecular complexity index is 53.7. The van der Waals surface area contributed by atoms with Gasteiger partial charge in [-0.05, 0) is 0 Å². The fraction of sp³-hybridized carbons (Fsp3) is 1.00. The summed E-state index contributed by atoms with van der Waals surface area (Å²) in [6.45, 7) is -0.703. The molecule has 0 bridgehead atoms. The smallest absolute Gasteiger partial charge is 0.367 e. The fourth-order valence-corrected chi connectivity index (χ4v) is 0.148. The molecule has 0 aliphatic rings. The van der Waals surface area contributed by atoms with Crippen LogP contribution in [-0.2, 0) is 9.09 Å². The third kappa shape index (κ3) is 10.7. The molecule has 7 heavy (non-hydrogen) atoms. The zero-order valence-corrected chi connectivity index (χ0v) is 3.76. The highest BCUT2D eigenvalue weighted by Gasteiger charge is 2.07. The van der Waals surface area contributed by atoms with Gasteiger partial charge in [-0.15, -0.1) is 4.89 Å². The molecule has 0 aromatic rings. The number of rotatable bonds is 2. The second-order valence-corrected chi connectivity index (χ2v) is 1.23. The molecule has 0 spiro atoms. The molecule has 44 valence electrons. The SMILES string of the molecule is C.O=[P+](O)OCO. The highest BCUT2D eigenvalue weighted by Crippen LogP contribution is 2.11. The lowest BCUT2D eigenvalue weighted by atomic mass is 11.6. The topological polar surface area (TPSA) is 66.8 Å². The minimum Gasteiger partial charge on any atom is -0.367 e. The summed E-state index contributed by atoms with van der Waals surface area (Å²) in [5.41, 5.74) is 0. The van der Waals surface area contributed by atoms with Gasteiger partial charge in [-0.1, -0.05) is 12.0 Å². The Balaban J connectivity index is 0. The van der Waals surface area contributed by atoms with Gasteiger partial charge in [0, 0.05) is 4.57 Å². The van der Waals surface area contributed by atoms with Gasteiger partial charge < -0.3 is 5.11 Å². The molecular weight excluding hydrogens is 119 g/mol. The van der Waals surface area contributed by atoms with Crippen LogP contribution in [0.2, 0.25) is 0 Å². The first-order chi connectivity index (χ1) is 2.77. The summed E-state index contributed by atoms with van der Waals surface area (Å²) in [6.07, 6.45) is 0. The van der Waals surface area contributed by atoms with Crippen molar-refractivity contribution in [1.29, 1.82) is 0 Å². The Labute approximate surface area is 42.7 Å². The summed E-state index contributed by atoms with van der Waals surface area (Å²) in [5.74, 6) is 0. The van der Waals surface area contributed by atoms with E-state index in [0.29, 0.717) is 0 Å². The predicted octanol–water partition coefficient (Wildman–Crippen LogP) is 0.239. The zero-order valence-electron chi connectivity index (χ0n) is 2.87. The molecule has 5 heteroatoms. The summed E-state index contributed by atoms with van der Waals surface area (Å²) in [7, 11) is -2.60. The van der Waals surface area contributed by atoms with Crippen molar-refractivity contribution in [2.75, 3.05) is 6.79 Å². The Morgan fingerprint density at radius 1 is 1.71 bits per heavy atom. The third-order valence-corrected chi connectivity index (χ3v) is 0.505. The second kappa shape index (κ2) is 5.98. The van der Waals surface area contributed by atoms with E-state index < -0.39 is 15.0 Å². The maximum atomic E-state index is 9.37. The largest absolute Gasteiger partial charge is 0.697 e. The van der Waals surface area contributed by atoms with Crippen molar-refractivity contribution < 1.29 is 19.1 Å². The van der Waals surface area contributed by atoms with Crippen LogP contribution in [0.5, 0.6) is 0 Å². The molecule has 0 fully saturated rings. The molecule has 1 atom stereocenters. The predicted molar refractivity (Wildman–Crippen MR) is 24.7 cm³/mol. The maximum absolute atomic E-state index is 9.37. The van der Waals surface area contributed by atoms with E-state index in [1.54, 1.807) is 0 Å². The fourth-order valence-electron chi connectivity index (χ4n) is 0.0494. The Morgan fingerprint density at radius 2 is 2.14 bits per heavy atom. The van der Waals surface area contributed by atoms with Gasteiger partial charge in [0.05, 0.1) is 0 Å². The monoisotopic (exact) mass is 127 g/mol. The van der Waals surface area contributed by atoms with Crippen LogP contribution < -0.4 is 0 Å². The van der Waals surface area contributed by atoms with Gasteiger partial charge in [0.2, 0.25) is 6.79 Å². The normalized spacial score (nSPS) is 9.71. The maximum Gasteiger partial charge on any atom is 0.697 e. The standard InChI is InChI=1S/CH3O4P.CH4/c2-1-5-6(3)4;/h2H,1H2;1H4/p+1. The number of hydrogen-bond donors (Lipinski definition) is 2. The highest BCUT2D eigenvalue weighted by atomic mass is 31.1. The molecule has 1 unspecified atom stereocenters. The number of aliphatic hydroxyl groups is 1. The molecule has 0 aliphatic heterocycles. The van der Waals surface area contributed by atoms with E-state index in [0.717, 1.165) is 0 Å². The first kappa shape index (κ1) is 10.1. The van der Waals surface area contributed by atoms with E-state index in [2.05, 4.69) is 4.52 Å². The van der Waals surface area contributed by atoms with Crippen LogP contribution in [0.15, 0.2) is 0 Å². The Hall–Kier alpha value is -0.0200. The minimum atomic E-state index is -2.60. The van der Waals surface area contributed by atoms with E-state index in [-0.39, 0.29) is 7.43 Å². The quantitative estimate of drug-likeness (QED) is 0.411. The van der Waals surface area contributed by atoms with Crippen LogP contribution in [0.4, 0.5) is 0 Å². The first-order valence-corrected chi connectivity index (χ1v) is 2.30. The average Bonchev–Trinajstić information content (AvgIpc) is 1.35. The zero-order chi connectivity index (χ0) is 4.99. The van der Waals surface area contributed by atoms with Crippen molar-refractivity contribution >= 4 is 8.25 Å². The lowest BCUT2D eigenvalue weighted by molar-refractivity contribution is 0.0946. The summed E-state index contributed by atoms with van der Waals surface area (Å²) in [4.78, 5) is 7.68. The number of aliphatic hydroxyl groups excluding tert-OH is 1. The van der Waals surface area contributed by atoms with Gasteiger partial charge in [-0.3, -0.25) is 0 Å². The van der Waals surface area contributed by atoms with Crippen molar-refractivity contribution in [3.05, 3.63) is 0 Å². The van der Waals surface area contributed by atoms with Crippen molar-refractivity contribution in [1.82, 2.24) is 0 Å². The summed E-state index contributed by atoms with van der Waals surface area (Å²) >= 11 is 0. The lowest BCUT2D eigenvalue weighted by Gasteiger charge is -1.68. The highest BCUT2D eigenvalue weighted by molar-refractivity contribution is 7.32. The van der Waals surface area contributed by atoms with E-state index in [1.165, 1.54) is 0 Å². The van der Waals surface area contributed by atoms with Crippen LogP contribution in [0.1, 0.15) is 7.43 Å². The molecule has 2 N–H and O–H groups in total. The molecule has 0 saturated heterocycles. The van der Waals surface area contributed by atoms with Gasteiger partial charge in [0.1, 0.15) is 0 Å². The minimum absolute atomic E-state index is 0. The molecule has 0 amide bonds.